The molecule has 11 N–H and O–H groups in total. The van der Waals surface area contributed by atoms with Crippen molar-refractivity contribution in [3.05, 3.63) is 70.8 Å². The van der Waals surface area contributed by atoms with Crippen LogP contribution in [0.4, 0.5) is 22.7 Å². The molecule has 0 radical (unpaired) electrons. The minimum Gasteiger partial charge on any atom is -0.496 e. The van der Waals surface area contributed by atoms with E-state index in [1.807, 2.05) is 0 Å². The van der Waals surface area contributed by atoms with Crippen molar-refractivity contribution in [3.8, 4) is 46.0 Å². The van der Waals surface area contributed by atoms with Gasteiger partial charge < -0.3 is 86.6 Å². The summed E-state index contributed by atoms with van der Waals surface area (Å²) in [6.07, 6.45) is 0. The Balaban J connectivity index is 1.46. The predicted molar refractivity (Wildman–Crippen MR) is 247 cm³/mol. The summed E-state index contributed by atoms with van der Waals surface area (Å²) in [4.78, 5) is 104. The van der Waals surface area contributed by atoms with Crippen LogP contribution in [0.15, 0.2) is 48.5 Å². The Kier molecular flexibility index (Phi) is 18.7. The van der Waals surface area contributed by atoms with E-state index in [1.165, 1.54) is 105 Å². The summed E-state index contributed by atoms with van der Waals surface area (Å²) in [6.45, 7) is -2.18. The van der Waals surface area contributed by atoms with E-state index in [1.54, 1.807) is 0 Å². The summed E-state index contributed by atoms with van der Waals surface area (Å²) in [5, 5.41) is 17.5. The lowest BCUT2D eigenvalue weighted by Crippen LogP contribution is -2.35. The topological polar surface area (TPSA) is 347 Å². The van der Waals surface area contributed by atoms with Crippen LogP contribution in [0.25, 0.3) is 0 Å². The van der Waals surface area contributed by atoms with Crippen molar-refractivity contribution in [2.24, 2.45) is 11.5 Å². The lowest BCUT2D eigenvalue weighted by atomic mass is 10.1. The summed E-state index contributed by atoms with van der Waals surface area (Å²) < 4.78 is 42.9. The third kappa shape index (κ3) is 12.5. The Labute approximate surface area is 394 Å². The fourth-order valence-electron chi connectivity index (χ4n) is 6.59. The maximum atomic E-state index is 13.7. The van der Waals surface area contributed by atoms with Gasteiger partial charge in [-0.2, -0.15) is 0 Å². The zero-order valence-corrected chi connectivity index (χ0v) is 38.6. The highest BCUT2D eigenvalue weighted by Crippen LogP contribution is 2.39. The highest BCUT2D eigenvalue weighted by atomic mass is 16.5. The fourth-order valence-corrected chi connectivity index (χ4v) is 6.59. The van der Waals surface area contributed by atoms with Crippen molar-refractivity contribution in [3.63, 3.8) is 0 Å². The van der Waals surface area contributed by atoms with E-state index in [9.17, 15) is 38.4 Å². The highest BCUT2D eigenvalue weighted by molar-refractivity contribution is 6.09. The SMILES string of the molecule is COc1ccc(NC(=O)CNC(=O)c2c(OC)ccc(NC(=O)CNC(=O)c3c(OC)ccc(NC(=O)CNC(=O)c4c(OC)ccc(NC(=O)CN)c4OC)c3OC)c2OC)c(OC)c1C(N)=O. The Hall–Kier alpha value is -9.00. The number of amides is 8. The number of rotatable bonds is 23. The molecule has 0 saturated heterocycles. The molecule has 8 amide bonds. The molecule has 0 atom stereocenters. The maximum Gasteiger partial charge on any atom is 0.259 e. The van der Waals surface area contributed by atoms with E-state index in [0.29, 0.717) is 0 Å². The van der Waals surface area contributed by atoms with Crippen molar-refractivity contribution in [1.29, 1.82) is 0 Å². The van der Waals surface area contributed by atoms with Crippen molar-refractivity contribution < 1.29 is 76.3 Å². The number of nitrogens with one attached hydrogen (secondary N) is 7. The number of primary amides is 1. The molecule has 0 heterocycles. The first-order chi connectivity index (χ1) is 33.0. The first-order valence-corrected chi connectivity index (χ1v) is 20.1. The zero-order valence-electron chi connectivity index (χ0n) is 38.6. The lowest BCUT2D eigenvalue weighted by Gasteiger charge is -2.19. The molecule has 0 aliphatic carbocycles. The molecule has 0 aliphatic heterocycles. The quantitative estimate of drug-likeness (QED) is 0.0498. The number of nitrogens with two attached hydrogens (primary N) is 2. The third-order valence-electron chi connectivity index (χ3n) is 9.61. The van der Waals surface area contributed by atoms with Crippen LogP contribution in [0.5, 0.6) is 46.0 Å². The van der Waals surface area contributed by atoms with E-state index in [0.717, 1.165) is 0 Å². The molecular weight excluding hydrogens is 911 g/mol. The molecule has 368 valence electrons. The van der Waals surface area contributed by atoms with E-state index >= 15 is 0 Å². The third-order valence-corrected chi connectivity index (χ3v) is 9.61. The van der Waals surface area contributed by atoms with Crippen molar-refractivity contribution in [1.82, 2.24) is 16.0 Å². The number of anilines is 4. The molecule has 25 heteroatoms. The molecule has 4 rings (SSSR count). The molecule has 0 fully saturated rings. The maximum absolute atomic E-state index is 13.7. The van der Waals surface area contributed by atoms with Crippen LogP contribution in [0.3, 0.4) is 0 Å². The summed E-state index contributed by atoms with van der Waals surface area (Å²) in [5.74, 6) is -6.51. The standard InChI is InChI=1S/C44H51N9O16/c1-62-25-13-9-21(37(66-5)33(25)41(46)58)51-30(55)18-47-43(60)35-27(64-3)15-11-23(39(35)68-7)53-32(57)20-49-44(61)36-28(65-4)16-12-24(40(36)69-8)52-31(56)19-48-42(59)34-26(63-2)14-10-22(38(34)67-6)50-29(54)17-45/h9-16H,17-20,45H2,1-8H3,(H2,46,58)(H,47,60)(H,48,59)(H,49,61)(H,50,54)(H,51,55)(H,52,56)(H,53,57). The number of hydrogen-bond donors (Lipinski definition) is 9. The number of methoxy groups -OCH3 is 8. The molecule has 0 aliphatic rings. The van der Waals surface area contributed by atoms with E-state index in [4.69, 9.17) is 49.4 Å². The van der Waals surface area contributed by atoms with Crippen LogP contribution in [0.1, 0.15) is 41.4 Å². The first kappa shape index (κ1) is 52.6. The second-order valence-electron chi connectivity index (χ2n) is 13.7. The van der Waals surface area contributed by atoms with Gasteiger partial charge in [0.15, 0.2) is 23.0 Å². The molecule has 0 bridgehead atoms. The van der Waals surface area contributed by atoms with Gasteiger partial charge in [0.1, 0.15) is 45.3 Å². The van der Waals surface area contributed by atoms with E-state index < -0.39 is 66.9 Å². The highest BCUT2D eigenvalue weighted by Gasteiger charge is 2.28. The zero-order chi connectivity index (χ0) is 50.9. The molecule has 69 heavy (non-hydrogen) atoms. The number of benzene rings is 4. The average molecular weight is 962 g/mol. The van der Waals surface area contributed by atoms with Gasteiger partial charge in [0.25, 0.3) is 23.6 Å². The summed E-state index contributed by atoms with van der Waals surface area (Å²) in [7, 11) is 10.2. The summed E-state index contributed by atoms with van der Waals surface area (Å²) in [6, 6.07) is 11.1. The second kappa shape index (κ2) is 24.5. The normalized spacial score (nSPS) is 10.3. The second-order valence-corrected chi connectivity index (χ2v) is 13.7. The van der Waals surface area contributed by atoms with Crippen molar-refractivity contribution >= 4 is 70.0 Å². The lowest BCUT2D eigenvalue weighted by molar-refractivity contribution is -0.116. The predicted octanol–water partition coefficient (Wildman–Crippen LogP) is 0.857. The number of hydrogen-bond acceptors (Lipinski definition) is 17. The van der Waals surface area contributed by atoms with Crippen molar-refractivity contribution in [2.45, 2.75) is 0 Å². The average Bonchev–Trinajstić information content (AvgIpc) is 3.35. The minimum atomic E-state index is -0.875. The van der Waals surface area contributed by atoms with Crippen LogP contribution >= 0.6 is 0 Å². The minimum absolute atomic E-state index is 0.00318. The molecule has 0 aromatic heterocycles. The summed E-state index contributed by atoms with van der Waals surface area (Å²) in [5.41, 5.74) is 10.4. The van der Waals surface area contributed by atoms with Crippen LogP contribution in [0.2, 0.25) is 0 Å². The van der Waals surface area contributed by atoms with Gasteiger partial charge >= 0.3 is 0 Å². The van der Waals surface area contributed by atoms with Gasteiger partial charge in [0.2, 0.25) is 23.6 Å². The number of carbonyl (C=O) groups is 8. The van der Waals surface area contributed by atoms with Crippen LogP contribution in [-0.2, 0) is 19.2 Å². The van der Waals surface area contributed by atoms with Gasteiger partial charge in [-0.05, 0) is 48.5 Å². The first-order valence-electron chi connectivity index (χ1n) is 20.1. The van der Waals surface area contributed by atoms with E-state index in [-0.39, 0.29) is 97.5 Å². The van der Waals surface area contributed by atoms with Crippen LogP contribution in [0, 0.1) is 0 Å². The molecule has 0 spiro atoms. The van der Waals surface area contributed by atoms with Crippen LogP contribution < -0.4 is 86.6 Å². The van der Waals surface area contributed by atoms with Gasteiger partial charge in [-0.15, -0.1) is 0 Å². The van der Waals surface area contributed by atoms with Crippen molar-refractivity contribution in [2.75, 3.05) is 104 Å². The molecule has 0 unspecified atom stereocenters. The molecule has 4 aromatic rings. The molecular formula is C44H51N9O16. The Morgan fingerprint density at radius 1 is 0.377 bits per heavy atom. The smallest absolute Gasteiger partial charge is 0.259 e. The largest absolute Gasteiger partial charge is 0.496 e. The van der Waals surface area contributed by atoms with Crippen LogP contribution in [-0.4, -0.2) is 130 Å². The molecule has 4 aromatic carbocycles. The van der Waals surface area contributed by atoms with Gasteiger partial charge in [-0.25, -0.2) is 0 Å². The van der Waals surface area contributed by atoms with Gasteiger partial charge in [0.05, 0.1) is 106 Å². The Bertz CT molecular complexity index is 2640. The van der Waals surface area contributed by atoms with E-state index in [2.05, 4.69) is 37.2 Å². The summed E-state index contributed by atoms with van der Waals surface area (Å²) >= 11 is 0. The van der Waals surface area contributed by atoms with Gasteiger partial charge in [-0.3, -0.25) is 38.4 Å². The number of carbonyl (C=O) groups excluding carboxylic acids is 8. The molecule has 25 nitrogen and oxygen atoms in total. The Morgan fingerprint density at radius 2 is 0.623 bits per heavy atom. The monoisotopic (exact) mass is 961 g/mol. The molecule has 0 saturated carbocycles. The van der Waals surface area contributed by atoms with Gasteiger partial charge in [0, 0.05) is 0 Å². The Morgan fingerprint density at radius 3 is 0.855 bits per heavy atom. The fraction of sp³-hybridized carbons (Fsp3) is 0.273. The number of ether oxygens (including phenoxy) is 8. The van der Waals surface area contributed by atoms with Gasteiger partial charge in [-0.1, -0.05) is 0 Å².